The van der Waals surface area contributed by atoms with Gasteiger partial charge in [0, 0.05) is 18.1 Å². The highest BCUT2D eigenvalue weighted by Crippen LogP contribution is 2.34. The monoisotopic (exact) mass is 424 g/mol. The van der Waals surface area contributed by atoms with Gasteiger partial charge in [0.25, 0.3) is 5.91 Å². The first-order valence-electron chi connectivity index (χ1n) is 8.68. The van der Waals surface area contributed by atoms with Crippen molar-refractivity contribution in [1.82, 2.24) is 5.32 Å². The van der Waals surface area contributed by atoms with Crippen molar-refractivity contribution in [3.05, 3.63) is 59.9 Å². The molecule has 6 nitrogen and oxygen atoms in total. The molecule has 1 aliphatic rings. The number of halogens is 1. The minimum atomic E-state index is -3.54. The number of hydrogen-bond donors (Lipinski definition) is 1. The highest BCUT2D eigenvalue weighted by atomic mass is 32.2. The van der Waals surface area contributed by atoms with Gasteiger partial charge in [-0.3, -0.25) is 9.10 Å². The number of carbonyl (C=O) groups is 1. The Labute approximate surface area is 168 Å². The quantitative estimate of drug-likeness (QED) is 0.691. The minimum absolute atomic E-state index is 0.0793. The number of sulfonamides is 1. The number of amides is 1. The zero-order chi connectivity index (χ0) is 20.1. The lowest BCUT2D eigenvalue weighted by Crippen LogP contribution is -2.50. The number of anilines is 1. The number of nitrogens with one attached hydrogen (secondary N) is 1. The van der Waals surface area contributed by atoms with E-state index in [1.807, 2.05) is 0 Å². The van der Waals surface area contributed by atoms with Crippen molar-refractivity contribution in [3.63, 3.8) is 0 Å². The third kappa shape index (κ3) is 4.96. The number of benzene rings is 2. The van der Waals surface area contributed by atoms with Crippen molar-refractivity contribution in [2.45, 2.75) is 11.9 Å². The smallest absolute Gasteiger partial charge is 0.263 e. The molecule has 0 aromatic heterocycles. The van der Waals surface area contributed by atoms with Gasteiger partial charge < -0.3 is 10.1 Å². The minimum Gasteiger partial charge on any atom is -0.476 e. The zero-order valence-corrected chi connectivity index (χ0v) is 16.9. The van der Waals surface area contributed by atoms with Crippen LogP contribution in [0.3, 0.4) is 0 Å². The molecule has 0 saturated heterocycles. The number of rotatable bonds is 7. The molecule has 1 unspecified atom stereocenters. The Hall–Kier alpha value is -2.26. The van der Waals surface area contributed by atoms with Crippen LogP contribution in [0.5, 0.6) is 5.75 Å². The van der Waals surface area contributed by atoms with Crippen molar-refractivity contribution < 1.29 is 22.3 Å². The molecule has 0 bridgehead atoms. The second-order valence-electron chi connectivity index (χ2n) is 6.30. The van der Waals surface area contributed by atoms with Crippen LogP contribution >= 0.6 is 11.8 Å². The summed E-state index contributed by atoms with van der Waals surface area (Å²) in [6.45, 7) is 0.294. The first-order valence-corrected chi connectivity index (χ1v) is 11.7. The van der Waals surface area contributed by atoms with Crippen LogP contribution < -0.4 is 14.4 Å². The van der Waals surface area contributed by atoms with Gasteiger partial charge in [-0.05, 0) is 23.8 Å². The molecule has 1 atom stereocenters. The van der Waals surface area contributed by atoms with Gasteiger partial charge in [0.1, 0.15) is 11.6 Å². The van der Waals surface area contributed by atoms with Crippen LogP contribution in [0.4, 0.5) is 10.1 Å². The summed E-state index contributed by atoms with van der Waals surface area (Å²) in [4.78, 5) is 12.4. The van der Waals surface area contributed by atoms with Crippen LogP contribution in [-0.2, 0) is 20.6 Å². The molecule has 1 heterocycles. The number of para-hydroxylation sites is 2. The van der Waals surface area contributed by atoms with Gasteiger partial charge in [-0.2, -0.15) is 11.8 Å². The maximum absolute atomic E-state index is 13.6. The van der Waals surface area contributed by atoms with Gasteiger partial charge in [0.05, 0.1) is 18.5 Å². The average molecular weight is 425 g/mol. The van der Waals surface area contributed by atoms with Crippen LogP contribution in [0.2, 0.25) is 0 Å². The molecule has 0 aliphatic carbocycles. The Kier molecular flexibility index (Phi) is 6.46. The summed E-state index contributed by atoms with van der Waals surface area (Å²) in [7, 11) is -3.54. The summed E-state index contributed by atoms with van der Waals surface area (Å²) < 4.78 is 44.6. The molecule has 1 N–H and O–H groups in total. The molecule has 2 aromatic rings. The van der Waals surface area contributed by atoms with E-state index in [0.29, 0.717) is 35.1 Å². The molecule has 150 valence electrons. The van der Waals surface area contributed by atoms with Crippen molar-refractivity contribution in [2.75, 3.05) is 29.4 Å². The SMILES string of the molecule is CS(=O)(=O)N1CC(C(=O)NCCSCc2ccccc2F)Oc2ccccc21. The summed E-state index contributed by atoms with van der Waals surface area (Å²) in [5.74, 6) is 0.841. The second-order valence-corrected chi connectivity index (χ2v) is 9.32. The molecule has 1 amide bonds. The standard InChI is InChI=1S/C19H21FN2O4S2/c1-28(24,25)22-12-18(26-17-9-5-4-8-16(17)22)19(23)21-10-11-27-13-14-6-2-3-7-15(14)20/h2-9,18H,10-13H2,1H3,(H,21,23). The van der Waals surface area contributed by atoms with Crippen LogP contribution in [0.25, 0.3) is 0 Å². The molecule has 0 spiro atoms. The van der Waals surface area contributed by atoms with Crippen molar-refractivity contribution >= 4 is 33.4 Å². The van der Waals surface area contributed by atoms with Gasteiger partial charge in [-0.1, -0.05) is 30.3 Å². The Morgan fingerprint density at radius 1 is 1.25 bits per heavy atom. The zero-order valence-electron chi connectivity index (χ0n) is 15.3. The van der Waals surface area contributed by atoms with E-state index < -0.39 is 16.1 Å². The van der Waals surface area contributed by atoms with E-state index in [2.05, 4.69) is 5.32 Å². The molecule has 0 radical (unpaired) electrons. The Bertz CT molecular complexity index is 952. The van der Waals surface area contributed by atoms with E-state index in [4.69, 9.17) is 4.74 Å². The fraction of sp³-hybridized carbons (Fsp3) is 0.316. The molecular formula is C19H21FN2O4S2. The van der Waals surface area contributed by atoms with Crippen molar-refractivity contribution in [1.29, 1.82) is 0 Å². The van der Waals surface area contributed by atoms with Gasteiger partial charge in [-0.25, -0.2) is 12.8 Å². The lowest BCUT2D eigenvalue weighted by molar-refractivity contribution is -0.127. The van der Waals surface area contributed by atoms with E-state index in [9.17, 15) is 17.6 Å². The molecule has 0 saturated carbocycles. The van der Waals surface area contributed by atoms with Crippen LogP contribution in [0, 0.1) is 5.82 Å². The number of fused-ring (bicyclic) bond motifs is 1. The fourth-order valence-corrected chi connectivity index (χ4v) is 4.57. The first kappa shape index (κ1) is 20.5. The summed E-state index contributed by atoms with van der Waals surface area (Å²) in [6, 6.07) is 13.3. The largest absolute Gasteiger partial charge is 0.476 e. The molecule has 0 fully saturated rings. The number of hydrogen-bond acceptors (Lipinski definition) is 5. The Balaban J connectivity index is 1.53. The van der Waals surface area contributed by atoms with E-state index >= 15 is 0 Å². The highest BCUT2D eigenvalue weighted by molar-refractivity contribution is 7.98. The summed E-state index contributed by atoms with van der Waals surface area (Å²) in [6.07, 6.45) is 0.171. The third-order valence-electron chi connectivity index (χ3n) is 4.19. The lowest BCUT2D eigenvalue weighted by Gasteiger charge is -2.33. The first-order chi connectivity index (χ1) is 13.4. The summed E-state index contributed by atoms with van der Waals surface area (Å²) in [5.41, 5.74) is 1.05. The topological polar surface area (TPSA) is 75.7 Å². The molecule has 28 heavy (non-hydrogen) atoms. The predicted molar refractivity (Wildman–Crippen MR) is 109 cm³/mol. The maximum Gasteiger partial charge on any atom is 0.263 e. The van der Waals surface area contributed by atoms with E-state index in [0.717, 1.165) is 6.26 Å². The molecule has 3 rings (SSSR count). The normalized spacial score (nSPS) is 16.2. The number of thioether (sulfide) groups is 1. The van der Waals surface area contributed by atoms with E-state index in [1.165, 1.54) is 22.1 Å². The van der Waals surface area contributed by atoms with Crippen LogP contribution in [0.1, 0.15) is 5.56 Å². The number of carbonyl (C=O) groups excluding carboxylic acids is 1. The van der Waals surface area contributed by atoms with Crippen molar-refractivity contribution in [2.24, 2.45) is 0 Å². The molecule has 1 aliphatic heterocycles. The van der Waals surface area contributed by atoms with Gasteiger partial charge in [-0.15, -0.1) is 0 Å². The van der Waals surface area contributed by atoms with Crippen LogP contribution in [-0.4, -0.2) is 45.5 Å². The van der Waals surface area contributed by atoms with Crippen molar-refractivity contribution in [3.8, 4) is 5.75 Å². The van der Waals surface area contributed by atoms with Gasteiger partial charge >= 0.3 is 0 Å². The second kappa shape index (κ2) is 8.83. The highest BCUT2D eigenvalue weighted by Gasteiger charge is 2.34. The van der Waals surface area contributed by atoms with E-state index in [1.54, 1.807) is 42.5 Å². The van der Waals surface area contributed by atoms with E-state index in [-0.39, 0.29) is 18.3 Å². The maximum atomic E-state index is 13.6. The molecular weight excluding hydrogens is 403 g/mol. The number of nitrogens with zero attached hydrogens (tertiary/aromatic N) is 1. The Morgan fingerprint density at radius 3 is 2.71 bits per heavy atom. The van der Waals surface area contributed by atoms with Gasteiger partial charge in [0.15, 0.2) is 6.10 Å². The fourth-order valence-electron chi connectivity index (χ4n) is 2.81. The predicted octanol–water partition coefficient (Wildman–Crippen LogP) is 2.40. The average Bonchev–Trinajstić information content (AvgIpc) is 2.67. The molecule has 2 aromatic carbocycles. The summed E-state index contributed by atoms with van der Waals surface area (Å²) >= 11 is 1.50. The molecule has 9 heteroatoms. The van der Waals surface area contributed by atoms with Gasteiger partial charge in [0.2, 0.25) is 10.0 Å². The number of ether oxygens (including phenoxy) is 1. The third-order valence-corrected chi connectivity index (χ3v) is 6.34. The van der Waals surface area contributed by atoms with Crippen LogP contribution in [0.15, 0.2) is 48.5 Å². The summed E-state index contributed by atoms with van der Waals surface area (Å²) in [5, 5.41) is 2.76. The Morgan fingerprint density at radius 2 is 1.96 bits per heavy atom. The lowest BCUT2D eigenvalue weighted by atomic mass is 10.2.